The molecule has 2 nitrogen and oxygen atoms in total. The summed E-state index contributed by atoms with van der Waals surface area (Å²) in [6, 6.07) is 6.42. The summed E-state index contributed by atoms with van der Waals surface area (Å²) < 4.78 is 6.27. The van der Waals surface area contributed by atoms with E-state index in [2.05, 4.69) is 32.0 Å². The zero-order valence-electron chi connectivity index (χ0n) is 11.6. The molecule has 0 heterocycles. The summed E-state index contributed by atoms with van der Waals surface area (Å²) in [7, 11) is 0. The summed E-state index contributed by atoms with van der Waals surface area (Å²) in [4.78, 5) is 0. The highest BCUT2D eigenvalue weighted by Gasteiger charge is 2.24. The van der Waals surface area contributed by atoms with Crippen LogP contribution in [-0.4, -0.2) is 12.6 Å². The SMILES string of the molecule is Cc1ccc(C)c(OC2CCCCCC2CN)c1. The van der Waals surface area contributed by atoms with E-state index in [0.717, 1.165) is 18.7 Å². The van der Waals surface area contributed by atoms with E-state index in [-0.39, 0.29) is 0 Å². The first kappa shape index (κ1) is 13.4. The zero-order chi connectivity index (χ0) is 13.0. The molecule has 0 bridgehead atoms. The van der Waals surface area contributed by atoms with Crippen LogP contribution in [0.5, 0.6) is 5.75 Å². The number of ether oxygens (including phenoxy) is 1. The molecule has 100 valence electrons. The summed E-state index contributed by atoms with van der Waals surface area (Å²) in [6.07, 6.45) is 6.56. The average Bonchev–Trinajstić information content (AvgIpc) is 2.59. The van der Waals surface area contributed by atoms with Gasteiger partial charge in [0.05, 0.1) is 0 Å². The number of aryl methyl sites for hydroxylation is 2. The summed E-state index contributed by atoms with van der Waals surface area (Å²) in [5.41, 5.74) is 8.39. The fraction of sp³-hybridized carbons (Fsp3) is 0.625. The Morgan fingerprint density at radius 2 is 1.94 bits per heavy atom. The normalized spacial score (nSPS) is 24.6. The van der Waals surface area contributed by atoms with Crippen molar-refractivity contribution in [3.05, 3.63) is 29.3 Å². The molecular weight excluding hydrogens is 222 g/mol. The molecule has 1 aromatic carbocycles. The molecule has 2 rings (SSSR count). The predicted molar refractivity (Wildman–Crippen MR) is 76.0 cm³/mol. The van der Waals surface area contributed by atoms with E-state index in [1.807, 2.05) is 0 Å². The van der Waals surface area contributed by atoms with Crippen LogP contribution in [0, 0.1) is 19.8 Å². The standard InChI is InChI=1S/C16H25NO/c1-12-8-9-13(2)16(10-12)18-15-7-5-3-4-6-14(15)11-17/h8-10,14-15H,3-7,11,17H2,1-2H3. The number of rotatable bonds is 3. The van der Waals surface area contributed by atoms with Crippen LogP contribution in [-0.2, 0) is 0 Å². The van der Waals surface area contributed by atoms with Gasteiger partial charge in [-0.25, -0.2) is 0 Å². The highest BCUT2D eigenvalue weighted by Crippen LogP contribution is 2.29. The van der Waals surface area contributed by atoms with Gasteiger partial charge in [-0.3, -0.25) is 0 Å². The lowest BCUT2D eigenvalue weighted by atomic mass is 9.97. The molecule has 1 aliphatic carbocycles. The molecule has 1 aromatic rings. The van der Waals surface area contributed by atoms with Gasteiger partial charge in [-0.1, -0.05) is 25.0 Å². The molecule has 0 saturated heterocycles. The fourth-order valence-electron chi connectivity index (χ4n) is 2.77. The minimum Gasteiger partial charge on any atom is -0.490 e. The second kappa shape index (κ2) is 6.24. The Balaban J connectivity index is 2.12. The second-order valence-electron chi connectivity index (χ2n) is 5.56. The van der Waals surface area contributed by atoms with Gasteiger partial charge in [-0.2, -0.15) is 0 Å². The molecular formula is C16H25NO. The Kier molecular flexibility index (Phi) is 4.65. The van der Waals surface area contributed by atoms with E-state index in [9.17, 15) is 0 Å². The van der Waals surface area contributed by atoms with E-state index >= 15 is 0 Å². The molecule has 0 spiro atoms. The predicted octanol–water partition coefficient (Wildman–Crippen LogP) is 3.59. The molecule has 1 fully saturated rings. The summed E-state index contributed by atoms with van der Waals surface area (Å²) in [5, 5.41) is 0. The van der Waals surface area contributed by atoms with Gasteiger partial charge in [0, 0.05) is 5.92 Å². The maximum absolute atomic E-state index is 6.27. The molecule has 18 heavy (non-hydrogen) atoms. The summed E-state index contributed by atoms with van der Waals surface area (Å²) in [5.74, 6) is 1.56. The third-order valence-electron chi connectivity index (χ3n) is 4.01. The van der Waals surface area contributed by atoms with E-state index in [4.69, 9.17) is 10.5 Å². The van der Waals surface area contributed by atoms with Crippen molar-refractivity contribution in [2.45, 2.75) is 52.1 Å². The first-order valence-corrected chi connectivity index (χ1v) is 7.14. The van der Waals surface area contributed by atoms with Crippen molar-refractivity contribution in [3.63, 3.8) is 0 Å². The van der Waals surface area contributed by atoms with Crippen molar-refractivity contribution in [3.8, 4) is 5.75 Å². The molecule has 2 N–H and O–H groups in total. The van der Waals surface area contributed by atoms with Crippen molar-refractivity contribution in [2.75, 3.05) is 6.54 Å². The maximum atomic E-state index is 6.27. The van der Waals surface area contributed by atoms with Gasteiger partial charge in [0.2, 0.25) is 0 Å². The highest BCUT2D eigenvalue weighted by atomic mass is 16.5. The molecule has 1 aliphatic rings. The molecule has 0 aliphatic heterocycles. The third kappa shape index (κ3) is 3.26. The lowest BCUT2D eigenvalue weighted by Crippen LogP contribution is -2.31. The summed E-state index contributed by atoms with van der Waals surface area (Å²) in [6.45, 7) is 4.97. The lowest BCUT2D eigenvalue weighted by Gasteiger charge is -2.26. The van der Waals surface area contributed by atoms with Gasteiger partial charge >= 0.3 is 0 Å². The van der Waals surface area contributed by atoms with Crippen LogP contribution in [0.1, 0.15) is 43.2 Å². The van der Waals surface area contributed by atoms with Crippen LogP contribution in [0.4, 0.5) is 0 Å². The van der Waals surface area contributed by atoms with Crippen LogP contribution in [0.3, 0.4) is 0 Å². The Bertz CT molecular complexity index is 389. The van der Waals surface area contributed by atoms with Crippen molar-refractivity contribution in [2.24, 2.45) is 11.7 Å². The van der Waals surface area contributed by atoms with Gasteiger partial charge in [-0.15, -0.1) is 0 Å². The minimum atomic E-state index is 0.304. The fourth-order valence-corrected chi connectivity index (χ4v) is 2.77. The van der Waals surface area contributed by atoms with E-state index in [1.54, 1.807) is 0 Å². The van der Waals surface area contributed by atoms with Crippen LogP contribution in [0.15, 0.2) is 18.2 Å². The van der Waals surface area contributed by atoms with Crippen LogP contribution < -0.4 is 10.5 Å². The molecule has 2 unspecified atom stereocenters. The van der Waals surface area contributed by atoms with Gasteiger partial charge in [0.25, 0.3) is 0 Å². The van der Waals surface area contributed by atoms with E-state index < -0.39 is 0 Å². The smallest absolute Gasteiger partial charge is 0.122 e. The molecule has 1 saturated carbocycles. The van der Waals surface area contributed by atoms with Crippen molar-refractivity contribution < 1.29 is 4.74 Å². The Hall–Kier alpha value is -1.02. The van der Waals surface area contributed by atoms with Gasteiger partial charge in [0.1, 0.15) is 11.9 Å². The Morgan fingerprint density at radius 3 is 2.72 bits per heavy atom. The first-order valence-electron chi connectivity index (χ1n) is 7.14. The number of nitrogens with two attached hydrogens (primary N) is 1. The van der Waals surface area contributed by atoms with Crippen molar-refractivity contribution >= 4 is 0 Å². The molecule has 2 heteroatoms. The van der Waals surface area contributed by atoms with Crippen molar-refractivity contribution in [1.29, 1.82) is 0 Å². The molecule has 0 aromatic heterocycles. The molecule has 0 radical (unpaired) electrons. The molecule has 2 atom stereocenters. The largest absolute Gasteiger partial charge is 0.490 e. The van der Waals surface area contributed by atoms with Gasteiger partial charge in [0.15, 0.2) is 0 Å². The average molecular weight is 247 g/mol. The van der Waals surface area contributed by atoms with Gasteiger partial charge < -0.3 is 10.5 Å². The second-order valence-corrected chi connectivity index (χ2v) is 5.56. The van der Waals surface area contributed by atoms with E-state index in [0.29, 0.717) is 12.0 Å². The maximum Gasteiger partial charge on any atom is 0.122 e. The lowest BCUT2D eigenvalue weighted by molar-refractivity contribution is 0.128. The Labute approximate surface area is 111 Å². The van der Waals surface area contributed by atoms with Crippen LogP contribution in [0.25, 0.3) is 0 Å². The number of hydrogen-bond donors (Lipinski definition) is 1. The quantitative estimate of drug-likeness (QED) is 0.828. The minimum absolute atomic E-state index is 0.304. The summed E-state index contributed by atoms with van der Waals surface area (Å²) >= 11 is 0. The monoisotopic (exact) mass is 247 g/mol. The third-order valence-corrected chi connectivity index (χ3v) is 4.01. The first-order chi connectivity index (χ1) is 8.70. The number of benzene rings is 1. The van der Waals surface area contributed by atoms with Crippen molar-refractivity contribution in [1.82, 2.24) is 0 Å². The number of hydrogen-bond acceptors (Lipinski definition) is 2. The van der Waals surface area contributed by atoms with Crippen LogP contribution >= 0.6 is 0 Å². The van der Waals surface area contributed by atoms with E-state index in [1.165, 1.54) is 36.8 Å². The Morgan fingerprint density at radius 1 is 1.17 bits per heavy atom. The molecule has 0 amide bonds. The zero-order valence-corrected chi connectivity index (χ0v) is 11.6. The van der Waals surface area contributed by atoms with Crippen LogP contribution in [0.2, 0.25) is 0 Å². The topological polar surface area (TPSA) is 35.2 Å². The highest BCUT2D eigenvalue weighted by molar-refractivity contribution is 5.36. The van der Waals surface area contributed by atoms with Gasteiger partial charge in [-0.05, 0) is 56.8 Å².